The van der Waals surface area contributed by atoms with Gasteiger partial charge in [-0.05, 0) is 13.8 Å². The molecule has 0 atom stereocenters. The molecule has 0 aromatic carbocycles. The van der Waals surface area contributed by atoms with Gasteiger partial charge in [0.05, 0.1) is 0 Å². The summed E-state index contributed by atoms with van der Waals surface area (Å²) in [7, 11) is 0. The molecule has 1 nitrogen and oxygen atoms in total. The van der Waals surface area contributed by atoms with E-state index in [1.807, 2.05) is 0 Å². The van der Waals surface area contributed by atoms with Crippen LogP contribution in [0.3, 0.4) is 0 Å². The minimum atomic E-state index is 0.0324. The number of ketones is 1. The highest BCUT2D eigenvalue weighted by Crippen LogP contribution is 1.70. The Bertz CT molecular complexity index is 38.9. The lowest BCUT2D eigenvalue weighted by Crippen LogP contribution is -1.80. The Morgan fingerprint density at radius 1 is 2.00 bits per heavy atom. The minimum Gasteiger partial charge on any atom is -0.300 e. The summed E-state index contributed by atoms with van der Waals surface area (Å²) in [4.78, 5) is 9.69. The van der Waals surface area contributed by atoms with Gasteiger partial charge in [0.25, 0.3) is 0 Å². The Hall–Kier alpha value is -0.330. The van der Waals surface area contributed by atoms with Crippen LogP contribution in [0.5, 0.6) is 0 Å². The molecule has 2 radical (unpaired) electrons. The highest BCUT2D eigenvalue weighted by molar-refractivity contribution is 5.75. The van der Waals surface area contributed by atoms with Gasteiger partial charge in [0.2, 0.25) is 0 Å². The van der Waals surface area contributed by atoms with Gasteiger partial charge in [-0.25, -0.2) is 0 Å². The highest BCUT2D eigenvalue weighted by atomic mass is 16.1. The molecule has 0 heterocycles. The third-order valence-corrected chi connectivity index (χ3v) is 0.287. The van der Waals surface area contributed by atoms with Crippen molar-refractivity contribution < 1.29 is 4.79 Å². The van der Waals surface area contributed by atoms with Crippen molar-refractivity contribution in [1.29, 1.82) is 0 Å². The SMILES string of the molecule is [CH]CC(C)=O. The van der Waals surface area contributed by atoms with E-state index in [2.05, 4.69) is 0 Å². The third kappa shape index (κ3) is 3.67. The molecule has 0 aliphatic rings. The first-order valence-corrected chi connectivity index (χ1v) is 1.47. The van der Waals surface area contributed by atoms with Crippen LogP contribution in [0.2, 0.25) is 0 Å². The van der Waals surface area contributed by atoms with Gasteiger partial charge in [0.1, 0.15) is 5.78 Å². The predicted octanol–water partition coefficient (Wildman–Crippen LogP) is 0.677. The smallest absolute Gasteiger partial charge is 0.130 e. The number of rotatable bonds is 1. The van der Waals surface area contributed by atoms with Crippen LogP contribution in [0.4, 0.5) is 0 Å². The van der Waals surface area contributed by atoms with Gasteiger partial charge < -0.3 is 4.79 Å². The lowest BCUT2D eigenvalue weighted by Gasteiger charge is -1.71. The van der Waals surface area contributed by atoms with Crippen molar-refractivity contribution in [2.45, 2.75) is 13.3 Å². The molecule has 28 valence electrons. The monoisotopic (exact) mass is 70.0 g/mol. The number of carbonyl (C=O) groups is 1. The molecular weight excluding hydrogens is 64.0 g/mol. The molecule has 0 bridgehead atoms. The van der Waals surface area contributed by atoms with E-state index in [-0.39, 0.29) is 12.2 Å². The fraction of sp³-hybridized carbons (Fsp3) is 0.500. The van der Waals surface area contributed by atoms with Crippen LogP contribution in [0.1, 0.15) is 13.3 Å². The Balaban J connectivity index is 2.85. The predicted molar refractivity (Wildman–Crippen MR) is 19.6 cm³/mol. The Labute approximate surface area is 32.0 Å². The number of hydrogen-bond acceptors (Lipinski definition) is 1. The topological polar surface area (TPSA) is 17.1 Å². The maximum absolute atomic E-state index is 9.69. The Morgan fingerprint density at radius 2 is 2.20 bits per heavy atom. The molecule has 0 unspecified atom stereocenters. The van der Waals surface area contributed by atoms with Gasteiger partial charge in [-0.3, -0.25) is 0 Å². The average molecular weight is 70.1 g/mol. The molecule has 5 heavy (non-hydrogen) atoms. The van der Waals surface area contributed by atoms with Crippen molar-refractivity contribution in [3.05, 3.63) is 6.92 Å². The molecule has 0 rings (SSSR count). The summed E-state index contributed by atoms with van der Waals surface area (Å²) in [6, 6.07) is 0. The van der Waals surface area contributed by atoms with Gasteiger partial charge in [0.15, 0.2) is 0 Å². The summed E-state index contributed by atoms with van der Waals surface area (Å²) in [5.74, 6) is 0.0324. The molecular formula is C4H6O. The van der Waals surface area contributed by atoms with E-state index in [0.717, 1.165) is 0 Å². The highest BCUT2D eigenvalue weighted by Gasteiger charge is 1.77. The molecule has 0 saturated carbocycles. The Morgan fingerprint density at radius 3 is 2.20 bits per heavy atom. The summed E-state index contributed by atoms with van der Waals surface area (Å²) < 4.78 is 0. The maximum Gasteiger partial charge on any atom is 0.130 e. The third-order valence-electron chi connectivity index (χ3n) is 0.287. The second-order valence-electron chi connectivity index (χ2n) is 0.906. The van der Waals surface area contributed by atoms with Crippen LogP contribution in [0, 0.1) is 6.92 Å². The first-order valence-electron chi connectivity index (χ1n) is 1.47. The molecule has 0 fully saturated rings. The molecule has 0 aliphatic heterocycles. The van der Waals surface area contributed by atoms with E-state index in [0.29, 0.717) is 0 Å². The maximum atomic E-state index is 9.69. The van der Waals surface area contributed by atoms with Gasteiger partial charge in [-0.15, -0.1) is 0 Å². The van der Waals surface area contributed by atoms with E-state index in [1.54, 1.807) is 0 Å². The molecule has 0 N–H and O–H groups in total. The standard InChI is InChI=1S/C4H6O/c1-3-4(2)5/h1H,3H2,2H3. The largest absolute Gasteiger partial charge is 0.300 e. The lowest BCUT2D eigenvalue weighted by molar-refractivity contribution is -0.116. The van der Waals surface area contributed by atoms with Crippen molar-refractivity contribution in [2.75, 3.05) is 0 Å². The number of hydrogen-bond donors (Lipinski definition) is 0. The second kappa shape index (κ2) is 1.94. The molecule has 0 amide bonds. The van der Waals surface area contributed by atoms with Crippen LogP contribution in [-0.4, -0.2) is 5.78 Å². The van der Waals surface area contributed by atoms with Crippen molar-refractivity contribution >= 4 is 5.78 Å². The number of Topliss-reactive ketones (excluding diaryl/α,β-unsaturated/α-hetero) is 1. The minimum absolute atomic E-state index is 0.0324. The van der Waals surface area contributed by atoms with E-state index in [9.17, 15) is 4.79 Å². The zero-order valence-corrected chi connectivity index (χ0v) is 3.19. The Kier molecular flexibility index (Phi) is 1.81. The van der Waals surface area contributed by atoms with Crippen LogP contribution in [-0.2, 0) is 4.79 Å². The molecule has 1 heteroatoms. The molecule has 0 aliphatic carbocycles. The van der Waals surface area contributed by atoms with Crippen molar-refractivity contribution in [3.63, 3.8) is 0 Å². The molecule has 0 spiro atoms. The normalized spacial score (nSPS) is 7.60. The average Bonchev–Trinajstić information content (AvgIpc) is 1.38. The van der Waals surface area contributed by atoms with Crippen molar-refractivity contribution in [3.8, 4) is 0 Å². The summed E-state index contributed by atoms with van der Waals surface area (Å²) in [5, 5.41) is 0. The lowest BCUT2D eigenvalue weighted by atomic mass is 10.4. The fourth-order valence-corrected chi connectivity index (χ4v) is 0. The van der Waals surface area contributed by atoms with E-state index in [4.69, 9.17) is 6.92 Å². The summed E-state index contributed by atoms with van der Waals surface area (Å²) >= 11 is 0. The van der Waals surface area contributed by atoms with Crippen molar-refractivity contribution in [2.24, 2.45) is 0 Å². The molecule has 0 aromatic rings. The zero-order valence-electron chi connectivity index (χ0n) is 3.19. The van der Waals surface area contributed by atoms with Gasteiger partial charge >= 0.3 is 0 Å². The van der Waals surface area contributed by atoms with Gasteiger partial charge in [0, 0.05) is 6.42 Å². The van der Waals surface area contributed by atoms with E-state index < -0.39 is 0 Å². The summed E-state index contributed by atoms with van der Waals surface area (Å²) in [6.45, 7) is 6.28. The molecule has 0 saturated heterocycles. The van der Waals surface area contributed by atoms with E-state index >= 15 is 0 Å². The van der Waals surface area contributed by atoms with Crippen LogP contribution >= 0.6 is 0 Å². The first-order chi connectivity index (χ1) is 2.27. The first kappa shape index (κ1) is 4.67. The molecule has 0 aromatic heterocycles. The quantitative estimate of drug-likeness (QED) is 0.443. The van der Waals surface area contributed by atoms with Crippen LogP contribution < -0.4 is 0 Å². The zero-order chi connectivity index (χ0) is 4.28. The van der Waals surface area contributed by atoms with Crippen molar-refractivity contribution in [1.82, 2.24) is 0 Å². The summed E-state index contributed by atoms with van der Waals surface area (Å²) in [6.07, 6.45) is 0.167. The van der Waals surface area contributed by atoms with Gasteiger partial charge in [-0.2, -0.15) is 0 Å². The number of carbonyl (C=O) groups excluding carboxylic acids is 1. The fourth-order valence-electron chi connectivity index (χ4n) is 0. The van der Waals surface area contributed by atoms with E-state index in [1.165, 1.54) is 6.92 Å². The second-order valence-corrected chi connectivity index (χ2v) is 0.906. The van der Waals surface area contributed by atoms with Crippen LogP contribution in [0.25, 0.3) is 0 Å². The van der Waals surface area contributed by atoms with Gasteiger partial charge in [-0.1, -0.05) is 0 Å². The summed E-state index contributed by atoms with van der Waals surface area (Å²) in [5.41, 5.74) is 0. The van der Waals surface area contributed by atoms with Crippen LogP contribution in [0.15, 0.2) is 0 Å².